The lowest BCUT2D eigenvalue weighted by Crippen LogP contribution is -2.50. The highest BCUT2D eigenvalue weighted by molar-refractivity contribution is 5.75. The quantitative estimate of drug-likeness (QED) is 0.783. The number of carbonyl (C=O) groups excluding carboxylic acids is 1. The van der Waals surface area contributed by atoms with Gasteiger partial charge in [-0.05, 0) is 6.92 Å². The zero-order chi connectivity index (χ0) is 16.9. The first-order chi connectivity index (χ1) is 11.7. The Kier molecular flexibility index (Phi) is 5.27. The highest BCUT2D eigenvalue weighted by atomic mass is 16.6. The van der Waals surface area contributed by atoms with Gasteiger partial charge in [0.15, 0.2) is 17.8 Å². The molecule has 1 aromatic carbocycles. The van der Waals surface area contributed by atoms with E-state index < -0.39 is 6.10 Å². The molecule has 2 atom stereocenters. The summed E-state index contributed by atoms with van der Waals surface area (Å²) in [5.41, 5.74) is 1.02. The summed E-state index contributed by atoms with van der Waals surface area (Å²) in [5, 5.41) is 0. The molecular formula is C18H22N2O4. The number of oxazole rings is 1. The predicted molar refractivity (Wildman–Crippen MR) is 88.4 cm³/mol. The molecule has 1 aromatic heterocycles. The van der Waals surface area contributed by atoms with Crippen LogP contribution in [0.4, 0.5) is 0 Å². The minimum Gasteiger partial charge on any atom is -0.467 e. The van der Waals surface area contributed by atoms with Crippen LogP contribution in [0.1, 0.15) is 12.8 Å². The Morgan fingerprint density at radius 3 is 2.88 bits per heavy atom. The second kappa shape index (κ2) is 7.59. The number of morpholine rings is 1. The van der Waals surface area contributed by atoms with Crippen molar-refractivity contribution < 1.29 is 18.7 Å². The smallest absolute Gasteiger partial charge is 0.336 e. The van der Waals surface area contributed by atoms with Gasteiger partial charge in [0.25, 0.3) is 0 Å². The number of rotatable bonds is 5. The summed E-state index contributed by atoms with van der Waals surface area (Å²) < 4.78 is 16.2. The number of ether oxygens (including phenoxy) is 2. The number of nitrogens with zero attached hydrogens (tertiary/aromatic N) is 2. The van der Waals surface area contributed by atoms with Crippen LogP contribution >= 0.6 is 0 Å². The molecule has 3 rings (SSSR count). The number of carbonyl (C=O) groups is 1. The Hall–Kier alpha value is -2.18. The molecule has 0 radical (unpaired) electrons. The first kappa shape index (κ1) is 16.7. The number of benzene rings is 1. The largest absolute Gasteiger partial charge is 0.467 e. The number of aromatic nitrogens is 1. The summed E-state index contributed by atoms with van der Waals surface area (Å²) >= 11 is 0. The van der Waals surface area contributed by atoms with E-state index in [0.29, 0.717) is 18.9 Å². The fraction of sp³-hybridized carbons (Fsp3) is 0.444. The molecule has 2 aromatic rings. The topological polar surface area (TPSA) is 64.8 Å². The Balaban J connectivity index is 1.57. The lowest BCUT2D eigenvalue weighted by Gasteiger charge is -2.35. The summed E-state index contributed by atoms with van der Waals surface area (Å²) in [7, 11) is 1.38. The molecule has 0 N–H and O–H groups in total. The summed E-state index contributed by atoms with van der Waals surface area (Å²) in [6, 6.07) is 9.90. The maximum Gasteiger partial charge on any atom is 0.336 e. The number of hydrogen-bond acceptors (Lipinski definition) is 6. The van der Waals surface area contributed by atoms with Crippen LogP contribution in [0.15, 0.2) is 40.9 Å². The molecule has 24 heavy (non-hydrogen) atoms. The van der Waals surface area contributed by atoms with Crippen LogP contribution in [-0.4, -0.2) is 54.8 Å². The van der Waals surface area contributed by atoms with E-state index in [0.717, 1.165) is 24.4 Å². The SMILES string of the molecule is COC(=O)[C@H]1CN(CCc2ncc(-c3ccccc3)o2)C[C@@H](C)O1. The normalized spacial score (nSPS) is 21.6. The third kappa shape index (κ3) is 4.01. The Morgan fingerprint density at radius 2 is 2.12 bits per heavy atom. The lowest BCUT2D eigenvalue weighted by atomic mass is 10.2. The molecule has 1 aliphatic heterocycles. The van der Waals surface area contributed by atoms with E-state index in [1.807, 2.05) is 37.3 Å². The second-order valence-corrected chi connectivity index (χ2v) is 5.95. The fourth-order valence-corrected chi connectivity index (χ4v) is 2.90. The number of methoxy groups -OCH3 is 1. The van der Waals surface area contributed by atoms with Gasteiger partial charge in [-0.1, -0.05) is 30.3 Å². The number of esters is 1. The molecule has 1 aliphatic rings. The summed E-state index contributed by atoms with van der Waals surface area (Å²) in [4.78, 5) is 18.2. The average molecular weight is 330 g/mol. The van der Waals surface area contributed by atoms with Crippen molar-refractivity contribution in [3.05, 3.63) is 42.4 Å². The van der Waals surface area contributed by atoms with Gasteiger partial charge in [0.1, 0.15) is 0 Å². The van der Waals surface area contributed by atoms with Crippen molar-refractivity contribution in [2.24, 2.45) is 0 Å². The predicted octanol–water partition coefficient (Wildman–Crippen LogP) is 2.15. The van der Waals surface area contributed by atoms with E-state index in [1.54, 1.807) is 6.20 Å². The molecule has 0 unspecified atom stereocenters. The second-order valence-electron chi connectivity index (χ2n) is 5.95. The van der Waals surface area contributed by atoms with Gasteiger partial charge in [-0.2, -0.15) is 0 Å². The van der Waals surface area contributed by atoms with Gasteiger partial charge >= 0.3 is 5.97 Å². The van der Waals surface area contributed by atoms with Crippen LogP contribution in [0.2, 0.25) is 0 Å². The first-order valence-corrected chi connectivity index (χ1v) is 8.11. The highest BCUT2D eigenvalue weighted by Gasteiger charge is 2.30. The van der Waals surface area contributed by atoms with Crippen molar-refractivity contribution >= 4 is 5.97 Å². The summed E-state index contributed by atoms with van der Waals surface area (Å²) in [6.07, 6.45) is 1.91. The monoisotopic (exact) mass is 330 g/mol. The molecule has 0 amide bonds. The Bertz CT molecular complexity index is 671. The third-order valence-electron chi connectivity index (χ3n) is 4.05. The van der Waals surface area contributed by atoms with Crippen LogP contribution in [0, 0.1) is 0 Å². The van der Waals surface area contributed by atoms with Gasteiger partial charge in [-0.3, -0.25) is 4.90 Å². The van der Waals surface area contributed by atoms with Gasteiger partial charge < -0.3 is 13.9 Å². The molecule has 128 valence electrons. The van der Waals surface area contributed by atoms with Gasteiger partial charge in [0.2, 0.25) is 0 Å². The molecule has 0 saturated carbocycles. The molecule has 1 fully saturated rings. The Labute approximate surface area is 141 Å². The molecule has 0 aliphatic carbocycles. The van der Waals surface area contributed by atoms with Gasteiger partial charge in [0, 0.05) is 31.6 Å². The lowest BCUT2D eigenvalue weighted by molar-refractivity contribution is -0.166. The zero-order valence-corrected chi connectivity index (χ0v) is 14.0. The van der Waals surface area contributed by atoms with E-state index in [2.05, 4.69) is 9.88 Å². The summed E-state index contributed by atoms with van der Waals surface area (Å²) in [6.45, 7) is 4.03. The van der Waals surface area contributed by atoms with Crippen LogP contribution in [0.25, 0.3) is 11.3 Å². The van der Waals surface area contributed by atoms with Crippen molar-refractivity contribution in [2.45, 2.75) is 25.6 Å². The van der Waals surface area contributed by atoms with E-state index in [4.69, 9.17) is 13.9 Å². The van der Waals surface area contributed by atoms with Crippen LogP contribution in [0.5, 0.6) is 0 Å². The van der Waals surface area contributed by atoms with Crippen molar-refractivity contribution in [3.63, 3.8) is 0 Å². The van der Waals surface area contributed by atoms with Crippen LogP contribution in [-0.2, 0) is 20.7 Å². The molecule has 6 heteroatoms. The molecule has 0 bridgehead atoms. The van der Waals surface area contributed by atoms with Crippen molar-refractivity contribution in [1.29, 1.82) is 0 Å². The van der Waals surface area contributed by atoms with Crippen LogP contribution in [0.3, 0.4) is 0 Å². The molecule has 6 nitrogen and oxygen atoms in total. The summed E-state index contributed by atoms with van der Waals surface area (Å²) in [5.74, 6) is 1.14. The maximum atomic E-state index is 11.7. The van der Waals surface area contributed by atoms with Crippen molar-refractivity contribution in [1.82, 2.24) is 9.88 Å². The molecule has 0 spiro atoms. The van der Waals surface area contributed by atoms with Gasteiger partial charge in [0.05, 0.1) is 19.4 Å². The fourth-order valence-electron chi connectivity index (χ4n) is 2.90. The van der Waals surface area contributed by atoms with E-state index in [-0.39, 0.29) is 12.1 Å². The highest BCUT2D eigenvalue weighted by Crippen LogP contribution is 2.20. The van der Waals surface area contributed by atoms with Crippen molar-refractivity contribution in [2.75, 3.05) is 26.7 Å². The third-order valence-corrected chi connectivity index (χ3v) is 4.05. The van der Waals surface area contributed by atoms with E-state index >= 15 is 0 Å². The molecule has 2 heterocycles. The first-order valence-electron chi connectivity index (χ1n) is 8.11. The Morgan fingerprint density at radius 1 is 1.33 bits per heavy atom. The van der Waals surface area contributed by atoms with Crippen molar-refractivity contribution in [3.8, 4) is 11.3 Å². The van der Waals surface area contributed by atoms with Crippen LogP contribution < -0.4 is 0 Å². The van der Waals surface area contributed by atoms with E-state index in [9.17, 15) is 4.79 Å². The van der Waals surface area contributed by atoms with Gasteiger partial charge in [-0.25, -0.2) is 9.78 Å². The van der Waals surface area contributed by atoms with E-state index in [1.165, 1.54) is 7.11 Å². The maximum absolute atomic E-state index is 11.7. The standard InChI is InChI=1S/C18H22N2O4/c1-13-11-20(12-16(23-13)18(21)22-2)9-8-17-19-10-15(24-17)14-6-4-3-5-7-14/h3-7,10,13,16H,8-9,11-12H2,1-2H3/t13-,16-/m1/s1. The van der Waals surface area contributed by atoms with Gasteiger partial charge in [-0.15, -0.1) is 0 Å². The number of hydrogen-bond donors (Lipinski definition) is 0. The minimum absolute atomic E-state index is 0.00714. The molecular weight excluding hydrogens is 308 g/mol. The average Bonchev–Trinajstić information content (AvgIpc) is 3.08. The zero-order valence-electron chi connectivity index (χ0n) is 14.0. The minimum atomic E-state index is -0.525. The molecule has 1 saturated heterocycles.